The molecule has 2 aromatic carbocycles. The molecule has 0 unspecified atom stereocenters. The molecule has 0 saturated heterocycles. The molecule has 158 valence electrons. The zero-order chi connectivity index (χ0) is 22.4. The van der Waals surface area contributed by atoms with Crippen LogP contribution in [0, 0.1) is 23.8 Å². The summed E-state index contributed by atoms with van der Waals surface area (Å²) in [6.45, 7) is 0.257. The van der Waals surface area contributed by atoms with Gasteiger partial charge in [-0.25, -0.2) is 4.98 Å². The number of nitro groups is 2. The minimum absolute atomic E-state index is 0.0284. The van der Waals surface area contributed by atoms with Crippen molar-refractivity contribution in [3.8, 4) is 5.75 Å². The summed E-state index contributed by atoms with van der Waals surface area (Å²) in [5, 5.41) is 25.5. The van der Waals surface area contributed by atoms with Gasteiger partial charge in [0.15, 0.2) is 0 Å². The second-order valence-electron chi connectivity index (χ2n) is 6.05. The van der Waals surface area contributed by atoms with E-state index in [1.165, 1.54) is 24.3 Å². The molecule has 31 heavy (non-hydrogen) atoms. The molecule has 0 atom stereocenters. The Morgan fingerprint density at radius 3 is 2.35 bits per heavy atom. The molecule has 0 amide bonds. The summed E-state index contributed by atoms with van der Waals surface area (Å²) in [5.41, 5.74) is 4.23. The minimum Gasteiger partial charge on any atom is -0.487 e. The summed E-state index contributed by atoms with van der Waals surface area (Å²) < 4.78 is 7.42. The first kappa shape index (κ1) is 22.6. The van der Waals surface area contributed by atoms with Crippen molar-refractivity contribution < 1.29 is 14.6 Å². The molecule has 0 aliphatic carbocycles. The van der Waals surface area contributed by atoms with Crippen molar-refractivity contribution in [2.45, 2.75) is 6.61 Å². The van der Waals surface area contributed by atoms with Crippen molar-refractivity contribution in [2.75, 3.05) is 5.43 Å². The van der Waals surface area contributed by atoms with Gasteiger partial charge in [0.25, 0.3) is 11.4 Å². The molecule has 0 saturated carbocycles. The number of non-ortho nitro benzene ring substituents is 1. The highest BCUT2D eigenvalue weighted by molar-refractivity contribution is 14.1. The number of halogens is 2. The first-order chi connectivity index (χ1) is 14.8. The Bertz CT molecular complexity index is 1120. The zero-order valence-corrected chi connectivity index (χ0v) is 19.3. The Morgan fingerprint density at radius 2 is 1.77 bits per heavy atom. The summed E-state index contributed by atoms with van der Waals surface area (Å²) in [7, 11) is 0. The van der Waals surface area contributed by atoms with Gasteiger partial charge in [-0.1, -0.05) is 0 Å². The molecule has 1 aromatic heterocycles. The quantitative estimate of drug-likeness (QED) is 0.161. The monoisotopic (exact) mass is 597 g/mol. The lowest BCUT2D eigenvalue weighted by Crippen LogP contribution is -2.00. The lowest BCUT2D eigenvalue weighted by molar-refractivity contribution is -0.385. The smallest absolute Gasteiger partial charge is 0.287 e. The molecule has 0 radical (unpaired) electrons. The van der Waals surface area contributed by atoms with Crippen molar-refractivity contribution in [3.63, 3.8) is 0 Å². The lowest BCUT2D eigenvalue weighted by Gasteiger charge is -2.11. The fourth-order valence-electron chi connectivity index (χ4n) is 2.39. The third-order valence-electron chi connectivity index (χ3n) is 3.90. The molecule has 10 nitrogen and oxygen atoms in total. The van der Waals surface area contributed by atoms with Gasteiger partial charge in [-0.15, -0.1) is 0 Å². The number of hydrogen-bond acceptors (Lipinski definition) is 8. The van der Waals surface area contributed by atoms with Gasteiger partial charge in [-0.2, -0.15) is 5.10 Å². The molecule has 0 spiro atoms. The van der Waals surface area contributed by atoms with Crippen molar-refractivity contribution in [3.05, 3.63) is 94.1 Å². The molecular formula is C19H13BrIN5O5. The van der Waals surface area contributed by atoms with Crippen LogP contribution in [0.2, 0.25) is 0 Å². The highest BCUT2D eigenvalue weighted by atomic mass is 127. The van der Waals surface area contributed by atoms with Gasteiger partial charge in [0.05, 0.1) is 24.1 Å². The number of nitrogens with zero attached hydrogens (tertiary/aromatic N) is 4. The maximum atomic E-state index is 10.7. The van der Waals surface area contributed by atoms with E-state index in [1.54, 1.807) is 18.3 Å². The van der Waals surface area contributed by atoms with Crippen LogP contribution in [0.4, 0.5) is 17.2 Å². The highest BCUT2D eigenvalue weighted by Gasteiger charge is 2.10. The van der Waals surface area contributed by atoms with Crippen LogP contribution in [0.15, 0.2) is 64.3 Å². The third kappa shape index (κ3) is 6.18. The molecule has 12 heteroatoms. The van der Waals surface area contributed by atoms with Crippen molar-refractivity contribution in [2.24, 2.45) is 5.10 Å². The Kier molecular flexibility index (Phi) is 7.46. The fourth-order valence-corrected chi connectivity index (χ4v) is 4.16. The maximum Gasteiger partial charge on any atom is 0.287 e. The molecule has 1 N–H and O–H groups in total. The second-order valence-corrected chi connectivity index (χ2v) is 8.07. The molecule has 3 rings (SSSR count). The van der Waals surface area contributed by atoms with E-state index < -0.39 is 9.85 Å². The molecule has 0 bridgehead atoms. The average molecular weight is 598 g/mol. The summed E-state index contributed by atoms with van der Waals surface area (Å²) >= 11 is 5.62. The van der Waals surface area contributed by atoms with Gasteiger partial charge < -0.3 is 4.74 Å². The van der Waals surface area contributed by atoms with E-state index in [4.69, 9.17) is 4.74 Å². The van der Waals surface area contributed by atoms with Gasteiger partial charge in [0.2, 0.25) is 0 Å². The summed E-state index contributed by atoms with van der Waals surface area (Å²) in [4.78, 5) is 24.3. The highest BCUT2D eigenvalue weighted by Crippen LogP contribution is 2.32. The maximum absolute atomic E-state index is 10.7. The average Bonchev–Trinajstić information content (AvgIpc) is 2.74. The summed E-state index contributed by atoms with van der Waals surface area (Å²) in [6.07, 6.45) is 2.73. The van der Waals surface area contributed by atoms with E-state index in [0.717, 1.165) is 25.4 Å². The molecule has 0 aliphatic heterocycles. The minimum atomic E-state index is -0.523. The second kappa shape index (κ2) is 10.3. The van der Waals surface area contributed by atoms with Gasteiger partial charge in [0.1, 0.15) is 24.4 Å². The Hall–Kier alpha value is -3.13. The van der Waals surface area contributed by atoms with Gasteiger partial charge >= 0.3 is 0 Å². The molecule has 0 aliphatic rings. The van der Waals surface area contributed by atoms with Crippen molar-refractivity contribution >= 4 is 61.9 Å². The van der Waals surface area contributed by atoms with E-state index >= 15 is 0 Å². The van der Waals surface area contributed by atoms with Crippen LogP contribution < -0.4 is 10.2 Å². The first-order valence-corrected chi connectivity index (χ1v) is 10.5. The third-order valence-corrected chi connectivity index (χ3v) is 5.29. The van der Waals surface area contributed by atoms with Crippen LogP contribution in [0.25, 0.3) is 0 Å². The van der Waals surface area contributed by atoms with Crippen LogP contribution in [0.1, 0.15) is 11.1 Å². The van der Waals surface area contributed by atoms with Crippen molar-refractivity contribution in [1.82, 2.24) is 4.98 Å². The summed E-state index contributed by atoms with van der Waals surface area (Å²) in [5.74, 6) is 1.01. The van der Waals surface area contributed by atoms with Crippen LogP contribution >= 0.6 is 38.5 Å². The number of rotatable bonds is 8. The number of nitro benzene ring substituents is 1. The van der Waals surface area contributed by atoms with E-state index in [-0.39, 0.29) is 18.0 Å². The van der Waals surface area contributed by atoms with Crippen LogP contribution in [0.5, 0.6) is 5.75 Å². The van der Waals surface area contributed by atoms with E-state index in [0.29, 0.717) is 11.6 Å². The first-order valence-electron chi connectivity index (χ1n) is 8.58. The number of hydrogen-bond donors (Lipinski definition) is 1. The molecule has 0 fully saturated rings. The largest absolute Gasteiger partial charge is 0.487 e. The van der Waals surface area contributed by atoms with E-state index in [9.17, 15) is 20.2 Å². The predicted octanol–water partition coefficient (Wildman–Crippen LogP) is 5.29. The fraction of sp³-hybridized carbons (Fsp3) is 0.0526. The lowest BCUT2D eigenvalue weighted by atomic mass is 10.2. The number of nitrogens with one attached hydrogen (secondary N) is 1. The van der Waals surface area contributed by atoms with Crippen LogP contribution in [0.3, 0.4) is 0 Å². The number of ether oxygens (including phenoxy) is 1. The van der Waals surface area contributed by atoms with Crippen LogP contribution in [-0.2, 0) is 6.61 Å². The van der Waals surface area contributed by atoms with Crippen LogP contribution in [-0.4, -0.2) is 21.0 Å². The normalized spacial score (nSPS) is 10.8. The Balaban J connectivity index is 1.63. The SMILES string of the molecule is O=[N+]([O-])c1ccc(COc2c(Br)cc(/C=N/Nc3ccc([N+](=O)[O-])cn3)cc2I)cc1. The van der Waals surface area contributed by atoms with Gasteiger partial charge in [-0.05, 0) is 80.0 Å². The van der Waals surface area contributed by atoms with Gasteiger partial charge in [-0.3, -0.25) is 25.7 Å². The number of pyridine rings is 1. The zero-order valence-electron chi connectivity index (χ0n) is 15.6. The molecule has 3 aromatic rings. The van der Waals surface area contributed by atoms with Gasteiger partial charge in [0, 0.05) is 18.2 Å². The Morgan fingerprint density at radius 1 is 1.10 bits per heavy atom. The van der Waals surface area contributed by atoms with E-state index in [2.05, 4.69) is 54.0 Å². The van der Waals surface area contributed by atoms with Crippen molar-refractivity contribution in [1.29, 1.82) is 0 Å². The summed E-state index contributed by atoms with van der Waals surface area (Å²) in [6, 6.07) is 12.7. The van der Waals surface area contributed by atoms with E-state index in [1.807, 2.05) is 12.1 Å². The molecular weight excluding hydrogens is 585 g/mol. The number of hydrazone groups is 1. The molecule has 1 heterocycles. The number of benzene rings is 2. The standard InChI is InChI=1S/C19H13BrIN5O5/c20-16-7-13(9-23-24-18-6-5-15(10-22-18)26(29)30)8-17(21)19(16)31-11-12-1-3-14(4-2-12)25(27)28/h1-10H,11H2,(H,22,24)/b23-9+. The number of aromatic nitrogens is 1. The predicted molar refractivity (Wildman–Crippen MR) is 126 cm³/mol. The Labute approximate surface area is 197 Å². The topological polar surface area (TPSA) is 133 Å². The number of anilines is 1.